The van der Waals surface area contributed by atoms with E-state index in [0.29, 0.717) is 16.9 Å². The Morgan fingerprint density at radius 1 is 1.35 bits per heavy atom. The van der Waals surface area contributed by atoms with E-state index in [1.54, 1.807) is 6.07 Å². The lowest BCUT2D eigenvalue weighted by Crippen LogP contribution is -2.39. The Kier molecular flexibility index (Phi) is 4.53. The largest absolute Gasteiger partial charge is 0.370 e. The molecule has 1 saturated heterocycles. The smallest absolute Gasteiger partial charge is 0.271 e. The third kappa shape index (κ3) is 3.06. The Labute approximate surface area is 124 Å². The van der Waals surface area contributed by atoms with Crippen molar-refractivity contribution in [1.82, 2.24) is 0 Å². The molecular formula is C15H21ClN2O2. The highest BCUT2D eigenvalue weighted by molar-refractivity contribution is 6.33. The van der Waals surface area contributed by atoms with Crippen LogP contribution in [0, 0.1) is 22.0 Å². The molecule has 1 aromatic rings. The molecule has 1 aliphatic rings. The molecule has 2 atom stereocenters. The van der Waals surface area contributed by atoms with E-state index in [0.717, 1.165) is 30.8 Å². The minimum absolute atomic E-state index is 0.0775. The molecule has 110 valence electrons. The molecule has 4 nitrogen and oxygen atoms in total. The Morgan fingerprint density at radius 2 is 1.95 bits per heavy atom. The van der Waals surface area contributed by atoms with Gasteiger partial charge in [0.15, 0.2) is 0 Å². The summed E-state index contributed by atoms with van der Waals surface area (Å²) in [6, 6.07) is 3.13. The molecule has 0 amide bonds. The Balaban J connectivity index is 2.42. The molecule has 2 rings (SSSR count). The van der Waals surface area contributed by atoms with Crippen molar-refractivity contribution in [2.24, 2.45) is 11.8 Å². The molecule has 2 unspecified atom stereocenters. The summed E-state index contributed by atoms with van der Waals surface area (Å²) in [6.07, 6.45) is 1.97. The van der Waals surface area contributed by atoms with Gasteiger partial charge in [-0.15, -0.1) is 0 Å². The zero-order chi connectivity index (χ0) is 14.9. The number of hydrogen-bond donors (Lipinski definition) is 0. The molecule has 1 heterocycles. The molecule has 0 aromatic heterocycles. The van der Waals surface area contributed by atoms with Crippen LogP contribution < -0.4 is 4.90 Å². The number of rotatable bonds is 3. The predicted molar refractivity (Wildman–Crippen MR) is 82.6 cm³/mol. The lowest BCUT2D eigenvalue weighted by Gasteiger charge is -2.38. The lowest BCUT2D eigenvalue weighted by molar-refractivity contribution is -0.384. The Hall–Kier alpha value is -1.29. The lowest BCUT2D eigenvalue weighted by atomic mass is 9.91. The molecule has 0 bridgehead atoms. The number of halogens is 1. The van der Waals surface area contributed by atoms with Crippen molar-refractivity contribution in [3.05, 3.63) is 32.8 Å². The first-order valence-electron chi connectivity index (χ1n) is 7.14. The van der Waals surface area contributed by atoms with Gasteiger partial charge in [0.2, 0.25) is 0 Å². The second-order valence-corrected chi connectivity index (χ2v) is 6.30. The summed E-state index contributed by atoms with van der Waals surface area (Å²) in [7, 11) is 0. The van der Waals surface area contributed by atoms with Crippen LogP contribution in [0.1, 0.15) is 32.8 Å². The SMILES string of the molecule is CCc1cc([N+](=O)[O-])cc(Cl)c1N1CC(C)CC(C)C1. The molecule has 1 aromatic carbocycles. The molecular weight excluding hydrogens is 276 g/mol. The fourth-order valence-electron chi connectivity index (χ4n) is 3.21. The van der Waals surface area contributed by atoms with Crippen molar-refractivity contribution in [3.8, 4) is 0 Å². The highest BCUT2D eigenvalue weighted by atomic mass is 35.5. The maximum absolute atomic E-state index is 10.9. The summed E-state index contributed by atoms with van der Waals surface area (Å²) < 4.78 is 0. The van der Waals surface area contributed by atoms with Gasteiger partial charge in [-0.3, -0.25) is 10.1 Å². The maximum Gasteiger partial charge on any atom is 0.271 e. The maximum atomic E-state index is 10.9. The standard InChI is InChI=1S/C15H21ClN2O2/c1-4-12-6-13(18(19)20)7-14(16)15(12)17-8-10(2)5-11(3)9-17/h6-7,10-11H,4-5,8-9H2,1-3H3. The van der Waals surface area contributed by atoms with Gasteiger partial charge in [-0.1, -0.05) is 32.4 Å². The second kappa shape index (κ2) is 6.00. The molecule has 0 radical (unpaired) electrons. The topological polar surface area (TPSA) is 46.4 Å². The van der Waals surface area contributed by atoms with Crippen molar-refractivity contribution in [3.63, 3.8) is 0 Å². The second-order valence-electron chi connectivity index (χ2n) is 5.90. The monoisotopic (exact) mass is 296 g/mol. The molecule has 1 aliphatic heterocycles. The van der Waals surface area contributed by atoms with E-state index in [9.17, 15) is 10.1 Å². The average Bonchev–Trinajstić information content (AvgIpc) is 2.36. The fourth-order valence-corrected chi connectivity index (χ4v) is 3.57. The predicted octanol–water partition coefficient (Wildman–Crippen LogP) is 4.29. The van der Waals surface area contributed by atoms with E-state index in [4.69, 9.17) is 11.6 Å². The number of benzene rings is 1. The summed E-state index contributed by atoms with van der Waals surface area (Å²) in [6.45, 7) is 8.43. The molecule has 0 aliphatic carbocycles. The summed E-state index contributed by atoms with van der Waals surface area (Å²) in [5.74, 6) is 1.24. The zero-order valence-electron chi connectivity index (χ0n) is 12.2. The Morgan fingerprint density at radius 3 is 2.45 bits per heavy atom. The van der Waals surface area contributed by atoms with Gasteiger partial charge < -0.3 is 4.90 Å². The average molecular weight is 297 g/mol. The van der Waals surface area contributed by atoms with Gasteiger partial charge in [-0.05, 0) is 30.2 Å². The van der Waals surface area contributed by atoms with Crippen molar-refractivity contribution in [2.75, 3.05) is 18.0 Å². The van der Waals surface area contributed by atoms with Crippen LogP contribution in [-0.4, -0.2) is 18.0 Å². The van der Waals surface area contributed by atoms with E-state index in [1.165, 1.54) is 12.5 Å². The van der Waals surface area contributed by atoms with Gasteiger partial charge in [-0.2, -0.15) is 0 Å². The highest BCUT2D eigenvalue weighted by Crippen LogP contribution is 2.37. The minimum atomic E-state index is -0.379. The number of nitro groups is 1. The van der Waals surface area contributed by atoms with Crippen LogP contribution in [0.5, 0.6) is 0 Å². The molecule has 0 spiro atoms. The fraction of sp³-hybridized carbons (Fsp3) is 0.600. The van der Waals surface area contributed by atoms with Crippen LogP contribution in [0.25, 0.3) is 0 Å². The van der Waals surface area contributed by atoms with Crippen LogP contribution in [0.15, 0.2) is 12.1 Å². The number of nitrogens with zero attached hydrogens (tertiary/aromatic N) is 2. The number of nitro benzene ring substituents is 1. The third-order valence-corrected chi connectivity index (χ3v) is 4.19. The van der Waals surface area contributed by atoms with Gasteiger partial charge in [0.05, 0.1) is 15.6 Å². The van der Waals surface area contributed by atoms with Gasteiger partial charge >= 0.3 is 0 Å². The van der Waals surface area contributed by atoms with E-state index < -0.39 is 0 Å². The number of anilines is 1. The van der Waals surface area contributed by atoms with Crippen molar-refractivity contribution >= 4 is 23.0 Å². The van der Waals surface area contributed by atoms with E-state index in [-0.39, 0.29) is 10.6 Å². The van der Waals surface area contributed by atoms with Crippen LogP contribution >= 0.6 is 11.6 Å². The van der Waals surface area contributed by atoms with Crippen LogP contribution in [-0.2, 0) is 6.42 Å². The first kappa shape index (κ1) is 15.1. The molecule has 20 heavy (non-hydrogen) atoms. The summed E-state index contributed by atoms with van der Waals surface area (Å²) in [4.78, 5) is 12.9. The van der Waals surface area contributed by atoms with Crippen molar-refractivity contribution < 1.29 is 4.92 Å². The highest BCUT2D eigenvalue weighted by Gasteiger charge is 2.26. The van der Waals surface area contributed by atoms with Gasteiger partial charge in [0.1, 0.15) is 0 Å². The van der Waals surface area contributed by atoms with Crippen molar-refractivity contribution in [1.29, 1.82) is 0 Å². The van der Waals surface area contributed by atoms with E-state index in [2.05, 4.69) is 18.7 Å². The third-order valence-electron chi connectivity index (χ3n) is 3.90. The quantitative estimate of drug-likeness (QED) is 0.617. The summed E-state index contributed by atoms with van der Waals surface area (Å²) in [5.41, 5.74) is 2.03. The molecule has 0 N–H and O–H groups in total. The minimum Gasteiger partial charge on any atom is -0.370 e. The zero-order valence-corrected chi connectivity index (χ0v) is 13.0. The molecule has 1 fully saturated rings. The van der Waals surface area contributed by atoms with Crippen LogP contribution in [0.3, 0.4) is 0 Å². The Bertz CT molecular complexity index is 509. The number of piperidine rings is 1. The molecule has 0 saturated carbocycles. The van der Waals surface area contributed by atoms with Gasteiger partial charge in [0, 0.05) is 25.2 Å². The summed E-state index contributed by atoms with van der Waals surface area (Å²) in [5, 5.41) is 11.4. The van der Waals surface area contributed by atoms with Crippen LogP contribution in [0.4, 0.5) is 11.4 Å². The number of hydrogen-bond acceptors (Lipinski definition) is 3. The molecule has 5 heteroatoms. The van der Waals surface area contributed by atoms with E-state index in [1.807, 2.05) is 6.92 Å². The van der Waals surface area contributed by atoms with Crippen LogP contribution in [0.2, 0.25) is 5.02 Å². The first-order chi connectivity index (χ1) is 9.42. The normalized spacial score (nSPS) is 22.9. The number of non-ortho nitro benzene ring substituents is 1. The van der Waals surface area contributed by atoms with Gasteiger partial charge in [0.25, 0.3) is 5.69 Å². The van der Waals surface area contributed by atoms with E-state index >= 15 is 0 Å². The summed E-state index contributed by atoms with van der Waals surface area (Å²) >= 11 is 6.34. The van der Waals surface area contributed by atoms with Crippen molar-refractivity contribution in [2.45, 2.75) is 33.6 Å². The number of aryl methyl sites for hydroxylation is 1. The van der Waals surface area contributed by atoms with Gasteiger partial charge in [-0.25, -0.2) is 0 Å². The first-order valence-corrected chi connectivity index (χ1v) is 7.51.